The fourth-order valence-electron chi connectivity index (χ4n) is 2.16. The van der Waals surface area contributed by atoms with E-state index in [1.54, 1.807) is 11.1 Å². The molecule has 0 aromatic carbocycles. The van der Waals surface area contributed by atoms with Gasteiger partial charge in [0, 0.05) is 0 Å². The summed E-state index contributed by atoms with van der Waals surface area (Å²) in [7, 11) is 0. The molecule has 0 fully saturated rings. The molecule has 0 N–H and O–H groups in total. The van der Waals surface area contributed by atoms with Crippen molar-refractivity contribution >= 4 is 18.4 Å². The molecule has 0 spiro atoms. The molecule has 0 aromatic heterocycles. The van der Waals surface area contributed by atoms with E-state index in [1.807, 2.05) is 0 Å². The molecular weight excluding hydrogens is 275 g/mol. The second-order valence-electron chi connectivity index (χ2n) is 5.92. The molecule has 1 heteroatoms. The van der Waals surface area contributed by atoms with E-state index >= 15 is 0 Å². The number of allylic oxidation sites excluding steroid dienone is 3. The Labute approximate surface area is 93.4 Å². The predicted octanol–water partition coefficient (Wildman–Crippen LogP) is 4.63. The van der Waals surface area contributed by atoms with Crippen molar-refractivity contribution in [1.82, 2.24) is 0 Å². The summed E-state index contributed by atoms with van der Waals surface area (Å²) in [6, 6.07) is 0. The van der Waals surface area contributed by atoms with Crippen LogP contribution in [0.3, 0.4) is 0 Å². The molecule has 0 bridgehead atoms. The Morgan fingerprint density at radius 1 is 1.50 bits per heavy atom. The Kier molecular flexibility index (Phi) is 4.29. The topological polar surface area (TPSA) is 0 Å². The summed E-state index contributed by atoms with van der Waals surface area (Å²) >= 11 is -1.63. The molecule has 0 heterocycles. The van der Waals surface area contributed by atoms with Gasteiger partial charge in [-0.2, -0.15) is 0 Å². The fraction of sp³-hybridized carbons (Fsp3) is 0.692. The van der Waals surface area contributed by atoms with Crippen molar-refractivity contribution in [3.8, 4) is 0 Å². The summed E-state index contributed by atoms with van der Waals surface area (Å²) in [6.07, 6.45) is 6.32. The Bertz CT molecular complexity index is 242. The quantitative estimate of drug-likeness (QED) is 0.526. The standard InChI is InChI=1S/C10H15.3CH3.Sn/c1-8(2)10-6-4-9(3)5-7-10;;;;/h4,10H,1-2,5-7H2,3H3;3*1H3;/t10-;;;;/m0..../s1. The van der Waals surface area contributed by atoms with Crippen LogP contribution in [0.4, 0.5) is 0 Å². The molecule has 14 heavy (non-hydrogen) atoms. The molecule has 0 saturated heterocycles. The van der Waals surface area contributed by atoms with Gasteiger partial charge in [0.1, 0.15) is 0 Å². The Hall–Kier alpha value is 0.279. The van der Waals surface area contributed by atoms with Gasteiger partial charge in [0.2, 0.25) is 0 Å². The van der Waals surface area contributed by atoms with Gasteiger partial charge in [-0.1, -0.05) is 0 Å². The van der Waals surface area contributed by atoms with Gasteiger partial charge in [-0.15, -0.1) is 0 Å². The zero-order valence-corrected chi connectivity index (χ0v) is 13.0. The summed E-state index contributed by atoms with van der Waals surface area (Å²) in [5.74, 6) is 0.801. The fourth-order valence-corrected chi connectivity index (χ4v) is 6.87. The molecule has 1 aliphatic carbocycles. The van der Waals surface area contributed by atoms with E-state index in [9.17, 15) is 0 Å². The van der Waals surface area contributed by atoms with Crippen molar-refractivity contribution in [2.45, 2.75) is 45.4 Å². The van der Waals surface area contributed by atoms with Crippen LogP contribution in [0.15, 0.2) is 23.8 Å². The van der Waals surface area contributed by atoms with Gasteiger partial charge in [0.15, 0.2) is 0 Å². The van der Waals surface area contributed by atoms with Crippen molar-refractivity contribution in [2.75, 3.05) is 0 Å². The zero-order valence-electron chi connectivity index (χ0n) is 10.2. The Morgan fingerprint density at radius 3 is 2.57 bits per heavy atom. The SMILES string of the molecule is C=C([CH2][Sn]([CH3])([CH3])[CH3])[C@H]1CC=C(C)CC1. The van der Waals surface area contributed by atoms with Crippen LogP contribution in [0, 0.1) is 5.92 Å². The van der Waals surface area contributed by atoms with Crippen molar-refractivity contribution in [1.29, 1.82) is 0 Å². The number of hydrogen-bond donors (Lipinski definition) is 0. The van der Waals surface area contributed by atoms with E-state index in [2.05, 4.69) is 34.4 Å². The third kappa shape index (κ3) is 4.20. The number of hydrogen-bond acceptors (Lipinski definition) is 0. The maximum absolute atomic E-state index is 4.31. The third-order valence-electron chi connectivity index (χ3n) is 2.97. The van der Waals surface area contributed by atoms with Crippen LogP contribution in [0.25, 0.3) is 0 Å². The molecule has 0 aliphatic heterocycles. The van der Waals surface area contributed by atoms with E-state index in [1.165, 1.54) is 23.7 Å². The Morgan fingerprint density at radius 2 is 2.14 bits per heavy atom. The molecule has 0 amide bonds. The van der Waals surface area contributed by atoms with Crippen LogP contribution in [0.1, 0.15) is 26.2 Å². The molecule has 80 valence electrons. The molecule has 1 rings (SSSR count). The van der Waals surface area contributed by atoms with Crippen LogP contribution < -0.4 is 0 Å². The number of rotatable bonds is 3. The Balaban J connectivity index is 2.47. The van der Waals surface area contributed by atoms with Gasteiger partial charge in [-0.3, -0.25) is 0 Å². The van der Waals surface area contributed by atoms with Gasteiger partial charge in [-0.25, -0.2) is 0 Å². The van der Waals surface area contributed by atoms with Crippen molar-refractivity contribution in [3.63, 3.8) is 0 Å². The summed E-state index contributed by atoms with van der Waals surface area (Å²) < 4.78 is 1.38. The summed E-state index contributed by atoms with van der Waals surface area (Å²) in [5.41, 5.74) is 3.13. The van der Waals surface area contributed by atoms with Gasteiger partial charge >= 0.3 is 93.5 Å². The predicted molar refractivity (Wildman–Crippen MR) is 68.4 cm³/mol. The van der Waals surface area contributed by atoms with Crippen LogP contribution in [0.2, 0.25) is 19.3 Å². The molecule has 0 nitrogen and oxygen atoms in total. The van der Waals surface area contributed by atoms with E-state index in [4.69, 9.17) is 0 Å². The normalized spacial score (nSPS) is 23.1. The molecule has 0 saturated carbocycles. The second-order valence-corrected chi connectivity index (χ2v) is 21.5. The van der Waals surface area contributed by atoms with Crippen LogP contribution in [-0.4, -0.2) is 18.4 Å². The molecule has 1 atom stereocenters. The molecular formula is C13H24Sn. The van der Waals surface area contributed by atoms with Crippen molar-refractivity contribution in [3.05, 3.63) is 23.8 Å². The second kappa shape index (κ2) is 4.87. The van der Waals surface area contributed by atoms with Crippen LogP contribution in [0.5, 0.6) is 0 Å². The van der Waals surface area contributed by atoms with E-state index in [0.717, 1.165) is 5.92 Å². The minimum atomic E-state index is -1.63. The van der Waals surface area contributed by atoms with Gasteiger partial charge in [0.05, 0.1) is 0 Å². The van der Waals surface area contributed by atoms with E-state index in [-0.39, 0.29) is 0 Å². The monoisotopic (exact) mass is 300 g/mol. The summed E-state index contributed by atoms with van der Waals surface area (Å²) in [4.78, 5) is 7.51. The average Bonchev–Trinajstić information content (AvgIpc) is 2.02. The first kappa shape index (κ1) is 12.3. The minimum absolute atomic E-state index is 0.801. The molecule has 0 aromatic rings. The first-order valence-corrected chi connectivity index (χ1v) is 16.3. The zero-order chi connectivity index (χ0) is 10.8. The first-order valence-electron chi connectivity index (χ1n) is 5.72. The average molecular weight is 299 g/mol. The van der Waals surface area contributed by atoms with Crippen molar-refractivity contribution < 1.29 is 0 Å². The van der Waals surface area contributed by atoms with Gasteiger partial charge in [-0.05, 0) is 0 Å². The molecule has 1 aliphatic rings. The van der Waals surface area contributed by atoms with Crippen molar-refractivity contribution in [2.24, 2.45) is 5.92 Å². The van der Waals surface area contributed by atoms with Crippen LogP contribution >= 0.6 is 0 Å². The van der Waals surface area contributed by atoms with Gasteiger partial charge < -0.3 is 0 Å². The van der Waals surface area contributed by atoms with Crippen LogP contribution in [-0.2, 0) is 0 Å². The van der Waals surface area contributed by atoms with E-state index < -0.39 is 18.4 Å². The third-order valence-corrected chi connectivity index (χ3v) is 7.30. The molecule has 0 unspecified atom stereocenters. The van der Waals surface area contributed by atoms with E-state index in [0.29, 0.717) is 0 Å². The van der Waals surface area contributed by atoms with Gasteiger partial charge in [0.25, 0.3) is 0 Å². The maximum atomic E-state index is 4.31. The first-order chi connectivity index (χ1) is 6.38. The molecule has 0 radical (unpaired) electrons. The summed E-state index contributed by atoms with van der Waals surface area (Å²) in [5, 5.41) is 0. The summed E-state index contributed by atoms with van der Waals surface area (Å²) in [6.45, 7) is 6.56.